The summed E-state index contributed by atoms with van der Waals surface area (Å²) in [5.41, 5.74) is 5.86. The lowest BCUT2D eigenvalue weighted by Gasteiger charge is -2.27. The normalized spacial score (nSPS) is 13.9. The van der Waals surface area contributed by atoms with E-state index in [-0.39, 0.29) is 0 Å². The molecule has 0 saturated heterocycles. The summed E-state index contributed by atoms with van der Waals surface area (Å²) in [6, 6.07) is 9.27. The number of benzene rings is 1. The van der Waals surface area contributed by atoms with E-state index in [9.17, 15) is 4.79 Å². The zero-order chi connectivity index (χ0) is 13.4. The van der Waals surface area contributed by atoms with Gasteiger partial charge in [-0.1, -0.05) is 30.3 Å². The van der Waals surface area contributed by atoms with Crippen molar-refractivity contribution in [1.29, 1.82) is 0 Å². The van der Waals surface area contributed by atoms with E-state index < -0.39 is 11.5 Å². The summed E-state index contributed by atoms with van der Waals surface area (Å²) in [6.07, 6.45) is 0.406. The second-order valence-corrected chi connectivity index (χ2v) is 4.00. The van der Waals surface area contributed by atoms with Crippen LogP contribution in [-0.2, 0) is 19.8 Å². The standard InChI is InChI=1S/C14H21NO3/c1-3-17-11-10-14(15,13(16)18-4-2)12-8-6-5-7-9-12/h5-9H,3-4,10-11,15H2,1-2H3. The van der Waals surface area contributed by atoms with Crippen LogP contribution >= 0.6 is 0 Å². The van der Waals surface area contributed by atoms with Crippen LogP contribution in [0.3, 0.4) is 0 Å². The van der Waals surface area contributed by atoms with Gasteiger partial charge < -0.3 is 15.2 Å². The molecule has 1 atom stereocenters. The highest BCUT2D eigenvalue weighted by molar-refractivity contribution is 5.82. The second-order valence-electron chi connectivity index (χ2n) is 4.00. The summed E-state index contributed by atoms with van der Waals surface area (Å²) in [7, 11) is 0. The van der Waals surface area contributed by atoms with Gasteiger partial charge in [-0.05, 0) is 19.4 Å². The summed E-state index contributed by atoms with van der Waals surface area (Å²) in [4.78, 5) is 12.1. The van der Waals surface area contributed by atoms with Crippen LogP contribution in [-0.4, -0.2) is 25.8 Å². The number of esters is 1. The highest BCUT2D eigenvalue weighted by Crippen LogP contribution is 2.24. The molecule has 0 aliphatic heterocycles. The topological polar surface area (TPSA) is 61.5 Å². The molecule has 0 amide bonds. The number of hydrogen-bond donors (Lipinski definition) is 1. The summed E-state index contributed by atoms with van der Waals surface area (Å²) < 4.78 is 10.4. The van der Waals surface area contributed by atoms with Crippen molar-refractivity contribution in [2.45, 2.75) is 25.8 Å². The van der Waals surface area contributed by atoms with Crippen molar-refractivity contribution in [3.05, 3.63) is 35.9 Å². The number of carbonyl (C=O) groups excluding carboxylic acids is 1. The van der Waals surface area contributed by atoms with Gasteiger partial charge in [-0.3, -0.25) is 0 Å². The van der Waals surface area contributed by atoms with Crippen molar-refractivity contribution in [1.82, 2.24) is 0 Å². The molecule has 0 bridgehead atoms. The Morgan fingerprint density at radius 3 is 2.44 bits per heavy atom. The molecular weight excluding hydrogens is 230 g/mol. The Bertz CT molecular complexity index is 367. The third-order valence-electron chi connectivity index (χ3n) is 2.77. The van der Waals surface area contributed by atoms with Crippen LogP contribution in [0.4, 0.5) is 0 Å². The molecule has 4 nitrogen and oxygen atoms in total. The van der Waals surface area contributed by atoms with Crippen LogP contribution in [0.25, 0.3) is 0 Å². The van der Waals surface area contributed by atoms with Crippen molar-refractivity contribution in [2.75, 3.05) is 19.8 Å². The number of rotatable bonds is 7. The first-order chi connectivity index (χ1) is 8.65. The van der Waals surface area contributed by atoms with Crippen LogP contribution in [0.5, 0.6) is 0 Å². The number of carbonyl (C=O) groups is 1. The van der Waals surface area contributed by atoms with Crippen molar-refractivity contribution in [3.63, 3.8) is 0 Å². The quantitative estimate of drug-likeness (QED) is 0.593. The maximum atomic E-state index is 12.1. The fourth-order valence-electron chi connectivity index (χ4n) is 1.74. The zero-order valence-corrected chi connectivity index (χ0v) is 11.0. The molecule has 4 heteroatoms. The van der Waals surface area contributed by atoms with E-state index >= 15 is 0 Å². The van der Waals surface area contributed by atoms with Crippen molar-refractivity contribution >= 4 is 5.97 Å². The predicted octanol–water partition coefficient (Wildman–Crippen LogP) is 1.83. The maximum absolute atomic E-state index is 12.1. The largest absolute Gasteiger partial charge is 0.464 e. The Morgan fingerprint density at radius 2 is 1.89 bits per heavy atom. The van der Waals surface area contributed by atoms with Gasteiger partial charge in [-0.2, -0.15) is 0 Å². The Kier molecular flexibility index (Phi) is 5.82. The van der Waals surface area contributed by atoms with E-state index in [0.717, 1.165) is 5.56 Å². The van der Waals surface area contributed by atoms with E-state index in [1.165, 1.54) is 0 Å². The first-order valence-corrected chi connectivity index (χ1v) is 6.24. The SMILES string of the molecule is CCOCCC(N)(C(=O)OCC)c1ccccc1. The molecule has 0 aromatic heterocycles. The zero-order valence-electron chi connectivity index (χ0n) is 11.0. The van der Waals surface area contributed by atoms with Gasteiger partial charge in [0.25, 0.3) is 0 Å². The summed E-state index contributed by atoms with van der Waals surface area (Å²) in [6.45, 7) is 5.03. The average Bonchev–Trinajstić information content (AvgIpc) is 2.40. The van der Waals surface area contributed by atoms with E-state index in [0.29, 0.717) is 26.2 Å². The first kappa shape index (κ1) is 14.7. The fourth-order valence-corrected chi connectivity index (χ4v) is 1.74. The van der Waals surface area contributed by atoms with Crippen molar-refractivity contribution in [3.8, 4) is 0 Å². The summed E-state index contributed by atoms with van der Waals surface area (Å²) in [5, 5.41) is 0. The molecule has 1 aromatic rings. The molecular formula is C14H21NO3. The molecule has 0 aliphatic carbocycles. The van der Waals surface area contributed by atoms with Crippen LogP contribution in [0.15, 0.2) is 30.3 Å². The molecule has 0 radical (unpaired) electrons. The maximum Gasteiger partial charge on any atom is 0.330 e. The number of ether oxygens (including phenoxy) is 2. The molecule has 0 saturated carbocycles. The predicted molar refractivity (Wildman–Crippen MR) is 70.1 cm³/mol. The van der Waals surface area contributed by atoms with Gasteiger partial charge in [0.1, 0.15) is 5.54 Å². The molecule has 0 spiro atoms. The Balaban J connectivity index is 2.90. The van der Waals surface area contributed by atoms with Gasteiger partial charge in [-0.15, -0.1) is 0 Å². The van der Waals surface area contributed by atoms with Gasteiger partial charge in [-0.25, -0.2) is 4.79 Å². The average molecular weight is 251 g/mol. The number of hydrogen-bond acceptors (Lipinski definition) is 4. The minimum Gasteiger partial charge on any atom is -0.464 e. The molecule has 18 heavy (non-hydrogen) atoms. The lowest BCUT2D eigenvalue weighted by molar-refractivity contribution is -0.151. The van der Waals surface area contributed by atoms with E-state index in [4.69, 9.17) is 15.2 Å². The van der Waals surface area contributed by atoms with Gasteiger partial charge >= 0.3 is 5.97 Å². The lowest BCUT2D eigenvalue weighted by atomic mass is 9.88. The molecule has 0 fully saturated rings. The Hall–Kier alpha value is -1.39. The third kappa shape index (κ3) is 3.55. The molecule has 1 unspecified atom stereocenters. The van der Waals surface area contributed by atoms with Gasteiger partial charge in [0.15, 0.2) is 0 Å². The minimum absolute atomic E-state index is 0.319. The highest BCUT2D eigenvalue weighted by atomic mass is 16.5. The second kappa shape index (κ2) is 7.13. The van der Waals surface area contributed by atoms with Crippen molar-refractivity contribution < 1.29 is 14.3 Å². The summed E-state index contributed by atoms with van der Waals surface area (Å²) >= 11 is 0. The van der Waals surface area contributed by atoms with Crippen LogP contribution in [0.2, 0.25) is 0 Å². The molecule has 0 aliphatic rings. The molecule has 1 rings (SSSR count). The highest BCUT2D eigenvalue weighted by Gasteiger charge is 2.37. The third-order valence-corrected chi connectivity index (χ3v) is 2.77. The summed E-state index contributed by atoms with van der Waals surface area (Å²) in [5.74, 6) is -0.407. The molecule has 1 aromatic carbocycles. The molecule has 100 valence electrons. The van der Waals surface area contributed by atoms with E-state index in [2.05, 4.69) is 0 Å². The van der Waals surface area contributed by atoms with Gasteiger partial charge in [0.2, 0.25) is 0 Å². The Morgan fingerprint density at radius 1 is 1.22 bits per heavy atom. The molecule has 2 N–H and O–H groups in total. The fraction of sp³-hybridized carbons (Fsp3) is 0.500. The van der Waals surface area contributed by atoms with Crippen molar-refractivity contribution in [2.24, 2.45) is 5.73 Å². The monoisotopic (exact) mass is 251 g/mol. The van der Waals surface area contributed by atoms with Crippen LogP contribution in [0.1, 0.15) is 25.8 Å². The smallest absolute Gasteiger partial charge is 0.330 e. The molecule has 0 heterocycles. The first-order valence-electron chi connectivity index (χ1n) is 6.24. The minimum atomic E-state index is -1.13. The van der Waals surface area contributed by atoms with E-state index in [1.807, 2.05) is 37.3 Å². The number of nitrogens with two attached hydrogens (primary N) is 1. The Labute approximate surface area is 108 Å². The van der Waals surface area contributed by atoms with Gasteiger partial charge in [0, 0.05) is 19.6 Å². The van der Waals surface area contributed by atoms with Crippen LogP contribution in [0, 0.1) is 0 Å². The lowest BCUT2D eigenvalue weighted by Crippen LogP contribution is -2.47. The van der Waals surface area contributed by atoms with E-state index in [1.54, 1.807) is 6.92 Å². The van der Waals surface area contributed by atoms with Crippen LogP contribution < -0.4 is 5.73 Å². The van der Waals surface area contributed by atoms with Gasteiger partial charge in [0.05, 0.1) is 6.61 Å².